The van der Waals surface area contributed by atoms with Gasteiger partial charge in [-0.3, -0.25) is 9.40 Å². The second-order valence-corrected chi connectivity index (χ2v) is 8.44. The van der Waals surface area contributed by atoms with Crippen molar-refractivity contribution in [2.75, 3.05) is 4.72 Å². The number of nitrogens with one attached hydrogen (secondary N) is 1. The highest BCUT2D eigenvalue weighted by molar-refractivity contribution is 7.92. The van der Waals surface area contributed by atoms with Crippen LogP contribution in [0.15, 0.2) is 34.5 Å². The fourth-order valence-electron chi connectivity index (χ4n) is 2.82. The van der Waals surface area contributed by atoms with Gasteiger partial charge in [-0.25, -0.2) is 13.4 Å². The van der Waals surface area contributed by atoms with Crippen LogP contribution in [0.3, 0.4) is 0 Å². The van der Waals surface area contributed by atoms with Crippen LogP contribution in [0.2, 0.25) is 0 Å². The van der Waals surface area contributed by atoms with Gasteiger partial charge < -0.3 is 0 Å². The number of aryl methyl sites for hydroxylation is 3. The molecule has 2 aromatic heterocycles. The van der Waals surface area contributed by atoms with Gasteiger partial charge in [-0.15, -0.1) is 11.3 Å². The van der Waals surface area contributed by atoms with Crippen molar-refractivity contribution >= 4 is 27.0 Å². The lowest BCUT2D eigenvalue weighted by Crippen LogP contribution is -2.15. The Bertz CT molecular complexity index is 1020. The van der Waals surface area contributed by atoms with Gasteiger partial charge in [0.2, 0.25) is 0 Å². The SMILES string of the molecule is CCn1nc(C)c(S(=O)(=O)Nc2cccc(-c3csc(C)n3)c2)c1C. The van der Waals surface area contributed by atoms with E-state index in [-0.39, 0.29) is 4.90 Å². The van der Waals surface area contributed by atoms with Gasteiger partial charge in [0.25, 0.3) is 10.0 Å². The monoisotopic (exact) mass is 376 g/mol. The fourth-order valence-corrected chi connectivity index (χ4v) is 4.91. The van der Waals surface area contributed by atoms with Crippen LogP contribution in [0.4, 0.5) is 5.69 Å². The Hall–Kier alpha value is -2.19. The smallest absolute Gasteiger partial charge is 0.265 e. The number of sulfonamides is 1. The molecule has 25 heavy (non-hydrogen) atoms. The van der Waals surface area contributed by atoms with Gasteiger partial charge in [0.1, 0.15) is 4.90 Å². The molecule has 0 aliphatic heterocycles. The van der Waals surface area contributed by atoms with Crippen LogP contribution in [-0.2, 0) is 16.6 Å². The first kappa shape index (κ1) is 17.6. The summed E-state index contributed by atoms with van der Waals surface area (Å²) in [6.45, 7) is 7.98. The molecule has 0 spiro atoms. The first-order valence-corrected chi connectivity index (χ1v) is 10.3. The van der Waals surface area contributed by atoms with Crippen molar-refractivity contribution in [1.82, 2.24) is 14.8 Å². The largest absolute Gasteiger partial charge is 0.279 e. The second kappa shape index (κ2) is 6.61. The Morgan fingerprint density at radius 2 is 2.00 bits per heavy atom. The highest BCUT2D eigenvalue weighted by Gasteiger charge is 2.24. The molecule has 6 nitrogen and oxygen atoms in total. The third kappa shape index (κ3) is 3.45. The van der Waals surface area contributed by atoms with Gasteiger partial charge in [-0.05, 0) is 39.8 Å². The van der Waals surface area contributed by atoms with E-state index in [2.05, 4.69) is 14.8 Å². The maximum Gasteiger partial charge on any atom is 0.265 e. The zero-order chi connectivity index (χ0) is 18.2. The lowest BCUT2D eigenvalue weighted by Gasteiger charge is -2.10. The van der Waals surface area contributed by atoms with Crippen LogP contribution in [-0.4, -0.2) is 23.2 Å². The molecule has 8 heteroatoms. The average molecular weight is 377 g/mol. The molecule has 0 aliphatic rings. The molecule has 0 saturated heterocycles. The summed E-state index contributed by atoms with van der Waals surface area (Å²) in [7, 11) is -3.71. The molecule has 0 radical (unpaired) electrons. The molecule has 0 atom stereocenters. The predicted molar refractivity (Wildman–Crippen MR) is 100 cm³/mol. The minimum atomic E-state index is -3.71. The molecule has 3 rings (SSSR count). The zero-order valence-electron chi connectivity index (χ0n) is 14.6. The van der Waals surface area contributed by atoms with Gasteiger partial charge in [-0.1, -0.05) is 12.1 Å². The number of anilines is 1. The van der Waals surface area contributed by atoms with E-state index in [9.17, 15) is 8.42 Å². The fraction of sp³-hybridized carbons (Fsp3) is 0.294. The summed E-state index contributed by atoms with van der Waals surface area (Å²) in [5.74, 6) is 0. The van der Waals surface area contributed by atoms with Crippen molar-refractivity contribution in [3.05, 3.63) is 46.0 Å². The minimum absolute atomic E-state index is 0.240. The van der Waals surface area contributed by atoms with Crippen LogP contribution in [0.1, 0.15) is 23.3 Å². The number of aromatic nitrogens is 3. The summed E-state index contributed by atoms with van der Waals surface area (Å²) in [5.41, 5.74) is 3.36. The van der Waals surface area contributed by atoms with E-state index in [1.807, 2.05) is 31.4 Å². The number of nitrogens with zero attached hydrogens (tertiary/aromatic N) is 3. The Balaban J connectivity index is 1.96. The molecule has 1 N–H and O–H groups in total. The Labute approximate surface area is 151 Å². The summed E-state index contributed by atoms with van der Waals surface area (Å²) in [6.07, 6.45) is 0. The maximum atomic E-state index is 12.8. The molecule has 2 heterocycles. The van der Waals surface area contributed by atoms with Gasteiger partial charge in [0.05, 0.1) is 22.1 Å². The Morgan fingerprint density at radius 3 is 2.60 bits per heavy atom. The summed E-state index contributed by atoms with van der Waals surface area (Å²) in [6, 6.07) is 7.26. The molecule has 0 amide bonds. The maximum absolute atomic E-state index is 12.8. The molecule has 0 saturated carbocycles. The number of benzene rings is 1. The van der Waals surface area contributed by atoms with E-state index in [1.54, 1.807) is 42.0 Å². The molecule has 0 bridgehead atoms. The average Bonchev–Trinajstić information content (AvgIpc) is 3.10. The molecule has 132 valence electrons. The van der Waals surface area contributed by atoms with Crippen LogP contribution >= 0.6 is 11.3 Å². The summed E-state index contributed by atoms with van der Waals surface area (Å²) >= 11 is 1.56. The summed E-state index contributed by atoms with van der Waals surface area (Å²) in [4.78, 5) is 4.69. The van der Waals surface area contributed by atoms with Crippen LogP contribution in [0, 0.1) is 20.8 Å². The molecular weight excluding hydrogens is 356 g/mol. The standard InChI is InChI=1S/C17H20N4O2S2/c1-5-21-12(3)17(11(2)19-21)25(22,23)20-15-8-6-7-14(9-15)16-10-24-13(4)18-16/h6-10,20H,5H2,1-4H3. The number of rotatable bonds is 5. The second-order valence-electron chi connectivity index (χ2n) is 5.75. The normalized spacial score (nSPS) is 11.7. The summed E-state index contributed by atoms with van der Waals surface area (Å²) in [5, 5.41) is 7.23. The van der Waals surface area contributed by atoms with Gasteiger partial charge in [0.15, 0.2) is 0 Å². The van der Waals surface area contributed by atoms with E-state index < -0.39 is 10.0 Å². The highest BCUT2D eigenvalue weighted by Crippen LogP contribution is 2.27. The minimum Gasteiger partial charge on any atom is -0.279 e. The van der Waals surface area contributed by atoms with Crippen molar-refractivity contribution in [3.63, 3.8) is 0 Å². The van der Waals surface area contributed by atoms with Crippen molar-refractivity contribution in [2.24, 2.45) is 0 Å². The van der Waals surface area contributed by atoms with Gasteiger partial charge in [0, 0.05) is 23.2 Å². The lowest BCUT2D eigenvalue weighted by atomic mass is 10.1. The molecule has 0 aliphatic carbocycles. The first-order chi connectivity index (χ1) is 11.8. The van der Waals surface area contributed by atoms with Gasteiger partial charge >= 0.3 is 0 Å². The van der Waals surface area contributed by atoms with Crippen molar-refractivity contribution < 1.29 is 8.42 Å². The Morgan fingerprint density at radius 1 is 1.24 bits per heavy atom. The third-order valence-corrected chi connectivity index (χ3v) is 6.32. The topological polar surface area (TPSA) is 76.9 Å². The quantitative estimate of drug-likeness (QED) is 0.736. The third-order valence-electron chi connectivity index (χ3n) is 3.91. The highest BCUT2D eigenvalue weighted by atomic mass is 32.2. The number of hydrogen-bond donors (Lipinski definition) is 1. The number of thiazole rings is 1. The number of hydrogen-bond acceptors (Lipinski definition) is 5. The molecular formula is C17H20N4O2S2. The van der Waals surface area contributed by atoms with Crippen molar-refractivity contribution in [1.29, 1.82) is 0 Å². The molecule has 0 unspecified atom stereocenters. The lowest BCUT2D eigenvalue weighted by molar-refractivity contribution is 0.598. The van der Waals surface area contributed by atoms with Gasteiger partial charge in [-0.2, -0.15) is 5.10 Å². The van der Waals surface area contributed by atoms with E-state index in [0.29, 0.717) is 23.6 Å². The van der Waals surface area contributed by atoms with E-state index in [0.717, 1.165) is 16.3 Å². The molecule has 3 aromatic rings. The van der Waals surface area contributed by atoms with Crippen molar-refractivity contribution in [2.45, 2.75) is 39.1 Å². The molecule has 1 aromatic carbocycles. The van der Waals surface area contributed by atoms with Crippen LogP contribution in [0.5, 0.6) is 0 Å². The first-order valence-electron chi connectivity index (χ1n) is 7.91. The van der Waals surface area contributed by atoms with Crippen molar-refractivity contribution in [3.8, 4) is 11.3 Å². The van der Waals surface area contributed by atoms with E-state index in [4.69, 9.17) is 0 Å². The van der Waals surface area contributed by atoms with Crippen LogP contribution < -0.4 is 4.72 Å². The Kier molecular flexibility index (Phi) is 4.66. The molecule has 0 fully saturated rings. The van der Waals surface area contributed by atoms with E-state index in [1.165, 1.54) is 0 Å². The summed E-state index contributed by atoms with van der Waals surface area (Å²) < 4.78 is 30.1. The van der Waals surface area contributed by atoms with E-state index >= 15 is 0 Å². The predicted octanol–water partition coefficient (Wildman–Crippen LogP) is 3.75. The van der Waals surface area contributed by atoms with Crippen LogP contribution in [0.25, 0.3) is 11.3 Å². The zero-order valence-corrected chi connectivity index (χ0v) is 16.2.